The van der Waals surface area contributed by atoms with Crippen LogP contribution in [0.25, 0.3) is 27.6 Å². The lowest BCUT2D eigenvalue weighted by Gasteiger charge is -2.17. The first kappa shape index (κ1) is 25.1. The number of benzene rings is 3. The number of allylic oxidation sites excluding steroid dienone is 6. The Morgan fingerprint density at radius 1 is 1.00 bits per heavy atom. The van der Waals surface area contributed by atoms with E-state index in [1.165, 1.54) is 11.9 Å². The third-order valence-corrected chi connectivity index (χ3v) is 6.17. The average Bonchev–Trinajstić information content (AvgIpc) is 2.89. The van der Waals surface area contributed by atoms with Gasteiger partial charge in [-0.1, -0.05) is 97.5 Å². The van der Waals surface area contributed by atoms with Gasteiger partial charge in [-0.25, -0.2) is 14.4 Å². The Morgan fingerprint density at radius 2 is 1.75 bits per heavy atom. The Labute approximate surface area is 213 Å². The molecule has 182 valence electrons. The van der Waals surface area contributed by atoms with E-state index < -0.39 is 5.82 Å². The molecule has 4 heteroatoms. The number of anilines is 1. The van der Waals surface area contributed by atoms with Crippen LogP contribution in [-0.4, -0.2) is 9.97 Å². The van der Waals surface area contributed by atoms with Crippen molar-refractivity contribution in [3.8, 4) is 11.3 Å². The molecule has 1 atom stereocenters. The molecule has 4 aromatic rings. The van der Waals surface area contributed by atoms with Gasteiger partial charge in [0.25, 0.3) is 0 Å². The minimum absolute atomic E-state index is 0.135. The molecule has 0 saturated heterocycles. The van der Waals surface area contributed by atoms with Gasteiger partial charge in [0.1, 0.15) is 12.0 Å². The summed E-state index contributed by atoms with van der Waals surface area (Å²) in [6, 6.07) is 22.1. The van der Waals surface area contributed by atoms with Crippen LogP contribution < -0.4 is 5.32 Å². The van der Waals surface area contributed by atoms with Gasteiger partial charge in [0.05, 0.1) is 6.04 Å². The number of hydrogen-bond acceptors (Lipinski definition) is 3. The SMILES string of the molecule is C\C=C/C(=C\C(C)=C\CC)c1ccc(C(C)Nc2ncnc(-c3ccc4ccccc4c3)c2F)cc1. The van der Waals surface area contributed by atoms with Gasteiger partial charge in [0, 0.05) is 5.56 Å². The second-order valence-electron chi connectivity index (χ2n) is 8.89. The highest BCUT2D eigenvalue weighted by molar-refractivity contribution is 5.87. The molecule has 0 aliphatic carbocycles. The van der Waals surface area contributed by atoms with Crippen molar-refractivity contribution in [2.45, 2.75) is 40.2 Å². The molecule has 1 unspecified atom stereocenters. The summed E-state index contributed by atoms with van der Waals surface area (Å²) in [6.45, 7) is 8.29. The smallest absolute Gasteiger partial charge is 0.191 e. The lowest BCUT2D eigenvalue weighted by molar-refractivity contribution is 0.618. The second kappa shape index (κ2) is 11.6. The molecule has 36 heavy (non-hydrogen) atoms. The van der Waals surface area contributed by atoms with Crippen molar-refractivity contribution >= 4 is 22.2 Å². The topological polar surface area (TPSA) is 37.8 Å². The minimum atomic E-state index is -0.451. The van der Waals surface area contributed by atoms with Crippen LogP contribution >= 0.6 is 0 Å². The number of nitrogens with one attached hydrogen (secondary N) is 1. The highest BCUT2D eigenvalue weighted by Gasteiger charge is 2.16. The molecule has 0 saturated carbocycles. The fourth-order valence-electron chi connectivity index (χ4n) is 4.29. The molecule has 4 rings (SSSR count). The fourth-order valence-corrected chi connectivity index (χ4v) is 4.29. The summed E-state index contributed by atoms with van der Waals surface area (Å²) in [7, 11) is 0. The summed E-state index contributed by atoms with van der Waals surface area (Å²) in [6.07, 6.45) is 11.0. The summed E-state index contributed by atoms with van der Waals surface area (Å²) < 4.78 is 15.5. The van der Waals surface area contributed by atoms with Crippen molar-refractivity contribution in [1.82, 2.24) is 9.97 Å². The number of aromatic nitrogens is 2. The van der Waals surface area contributed by atoms with Gasteiger partial charge in [0.15, 0.2) is 11.6 Å². The van der Waals surface area contributed by atoms with Gasteiger partial charge in [-0.3, -0.25) is 0 Å². The molecule has 0 bridgehead atoms. The van der Waals surface area contributed by atoms with Crippen molar-refractivity contribution in [2.24, 2.45) is 0 Å². The van der Waals surface area contributed by atoms with E-state index in [4.69, 9.17) is 0 Å². The van der Waals surface area contributed by atoms with Crippen LogP contribution in [0.15, 0.2) is 103 Å². The molecule has 1 N–H and O–H groups in total. The van der Waals surface area contributed by atoms with Gasteiger partial charge in [-0.05, 0) is 60.7 Å². The van der Waals surface area contributed by atoms with Gasteiger partial charge < -0.3 is 5.32 Å². The Balaban J connectivity index is 1.56. The molecule has 0 fully saturated rings. The summed E-state index contributed by atoms with van der Waals surface area (Å²) >= 11 is 0. The Bertz CT molecular complexity index is 1430. The van der Waals surface area contributed by atoms with Crippen molar-refractivity contribution in [2.75, 3.05) is 5.32 Å². The van der Waals surface area contributed by atoms with E-state index in [-0.39, 0.29) is 17.6 Å². The molecule has 3 aromatic carbocycles. The summed E-state index contributed by atoms with van der Waals surface area (Å²) in [5.41, 5.74) is 5.60. The molecular weight excluding hydrogens is 445 g/mol. The molecule has 1 heterocycles. The van der Waals surface area contributed by atoms with Gasteiger partial charge >= 0.3 is 0 Å². The zero-order chi connectivity index (χ0) is 25.5. The number of nitrogens with zero attached hydrogens (tertiary/aromatic N) is 2. The minimum Gasteiger partial charge on any atom is -0.361 e. The predicted octanol–water partition coefficient (Wildman–Crippen LogP) is 8.92. The van der Waals surface area contributed by atoms with Crippen molar-refractivity contribution in [3.63, 3.8) is 0 Å². The Morgan fingerprint density at radius 3 is 2.47 bits per heavy atom. The average molecular weight is 478 g/mol. The van der Waals surface area contributed by atoms with Crippen molar-refractivity contribution < 1.29 is 4.39 Å². The molecule has 3 nitrogen and oxygen atoms in total. The first-order chi connectivity index (χ1) is 17.5. The molecule has 0 spiro atoms. The molecule has 0 radical (unpaired) electrons. The van der Waals surface area contributed by atoms with E-state index in [2.05, 4.69) is 71.6 Å². The van der Waals surface area contributed by atoms with E-state index in [1.54, 1.807) is 0 Å². The van der Waals surface area contributed by atoms with E-state index in [1.807, 2.05) is 62.4 Å². The van der Waals surface area contributed by atoms with Gasteiger partial charge in [-0.2, -0.15) is 0 Å². The van der Waals surface area contributed by atoms with Crippen molar-refractivity contribution in [1.29, 1.82) is 0 Å². The summed E-state index contributed by atoms with van der Waals surface area (Å²) in [5.74, 6) is -0.257. The number of halogens is 1. The predicted molar refractivity (Wildman–Crippen MR) is 150 cm³/mol. The molecule has 0 aliphatic heterocycles. The largest absolute Gasteiger partial charge is 0.361 e. The second-order valence-corrected chi connectivity index (χ2v) is 8.89. The van der Waals surface area contributed by atoms with E-state index in [9.17, 15) is 0 Å². The van der Waals surface area contributed by atoms with E-state index >= 15 is 4.39 Å². The number of rotatable bonds is 8. The third-order valence-electron chi connectivity index (χ3n) is 6.17. The quantitative estimate of drug-likeness (QED) is 0.257. The number of fused-ring (bicyclic) bond motifs is 1. The Hall–Kier alpha value is -4.05. The van der Waals surface area contributed by atoms with Crippen LogP contribution in [0, 0.1) is 5.82 Å². The Kier molecular flexibility index (Phi) is 8.06. The van der Waals surface area contributed by atoms with Crippen molar-refractivity contribution in [3.05, 3.63) is 120 Å². The molecule has 1 aromatic heterocycles. The van der Waals surface area contributed by atoms with Crippen LogP contribution in [-0.2, 0) is 0 Å². The highest BCUT2D eigenvalue weighted by atomic mass is 19.1. The van der Waals surface area contributed by atoms with Gasteiger partial charge in [0.2, 0.25) is 0 Å². The lowest BCUT2D eigenvalue weighted by atomic mass is 9.99. The maximum atomic E-state index is 15.5. The van der Waals surface area contributed by atoms with Crippen LogP contribution in [0.2, 0.25) is 0 Å². The monoisotopic (exact) mass is 477 g/mol. The summed E-state index contributed by atoms with van der Waals surface area (Å²) in [4.78, 5) is 8.43. The first-order valence-electron chi connectivity index (χ1n) is 12.4. The number of hydrogen-bond donors (Lipinski definition) is 1. The molecule has 0 aliphatic rings. The lowest BCUT2D eigenvalue weighted by Crippen LogP contribution is -2.10. The van der Waals surface area contributed by atoms with Gasteiger partial charge in [-0.15, -0.1) is 0 Å². The first-order valence-corrected chi connectivity index (χ1v) is 12.4. The standard InChI is InChI=1S/C32H32FN3/c1-5-9-22(3)19-27(10-6-2)26-15-13-24(14-16-26)23(4)36-32-30(33)31(34-21-35-32)29-18-17-25-11-7-8-12-28(25)20-29/h6-21,23H,5H2,1-4H3,(H,34,35,36)/b10-6-,22-9+,27-19+. The van der Waals surface area contributed by atoms with E-state index in [0.29, 0.717) is 0 Å². The van der Waals surface area contributed by atoms with Crippen LogP contribution in [0.4, 0.5) is 10.2 Å². The van der Waals surface area contributed by atoms with Crippen LogP contribution in [0.3, 0.4) is 0 Å². The zero-order valence-electron chi connectivity index (χ0n) is 21.3. The maximum Gasteiger partial charge on any atom is 0.191 e. The highest BCUT2D eigenvalue weighted by Crippen LogP contribution is 2.29. The van der Waals surface area contributed by atoms with Crippen LogP contribution in [0.1, 0.15) is 51.3 Å². The fraction of sp³-hybridized carbons (Fsp3) is 0.188. The maximum absolute atomic E-state index is 15.5. The van der Waals surface area contributed by atoms with Crippen LogP contribution in [0.5, 0.6) is 0 Å². The third kappa shape index (κ3) is 5.77. The summed E-state index contributed by atoms with van der Waals surface area (Å²) in [5, 5.41) is 5.38. The molecular formula is C32H32FN3. The molecule has 0 amide bonds. The van der Waals surface area contributed by atoms with E-state index in [0.717, 1.165) is 39.5 Å². The zero-order valence-corrected chi connectivity index (χ0v) is 21.3. The normalized spacial score (nSPS) is 13.4.